The van der Waals surface area contributed by atoms with Crippen LogP contribution in [0.3, 0.4) is 0 Å². The largest absolute Gasteiger partial charge is 0.324 e. The third-order valence-corrected chi connectivity index (χ3v) is 3.95. The van der Waals surface area contributed by atoms with Crippen LogP contribution in [0.4, 0.5) is 11.4 Å². The summed E-state index contributed by atoms with van der Waals surface area (Å²) in [5.74, 6) is -0.389. The monoisotopic (exact) mass is 374 g/mol. The third kappa shape index (κ3) is 4.66. The van der Waals surface area contributed by atoms with E-state index >= 15 is 0 Å². The van der Waals surface area contributed by atoms with Gasteiger partial charge in [-0.25, -0.2) is 0 Å². The highest BCUT2D eigenvalue weighted by Gasteiger charge is 2.18. The highest BCUT2D eigenvalue weighted by atomic mass is 79.9. The highest BCUT2D eigenvalue weighted by Crippen LogP contribution is 2.21. The lowest BCUT2D eigenvalue weighted by molar-refractivity contribution is -0.120. The molecule has 0 saturated heterocycles. The van der Waals surface area contributed by atoms with Gasteiger partial charge in [-0.2, -0.15) is 0 Å². The van der Waals surface area contributed by atoms with Crippen LogP contribution in [-0.2, 0) is 16.0 Å². The number of amides is 2. The Hall–Kier alpha value is -2.14. The first-order valence-corrected chi connectivity index (χ1v) is 8.22. The molecule has 0 aliphatic rings. The van der Waals surface area contributed by atoms with Crippen LogP contribution in [0.2, 0.25) is 0 Å². The normalized spacial score (nSPS) is 10.2. The molecule has 0 atom stereocenters. The van der Waals surface area contributed by atoms with Crippen LogP contribution in [0, 0.1) is 0 Å². The molecule has 0 aromatic heterocycles. The molecule has 0 fully saturated rings. The van der Waals surface area contributed by atoms with Crippen molar-refractivity contribution in [3.8, 4) is 0 Å². The topological polar surface area (TPSA) is 49.4 Å². The molecule has 0 saturated carbocycles. The number of rotatable bonds is 5. The zero-order valence-electron chi connectivity index (χ0n) is 13.2. The van der Waals surface area contributed by atoms with Crippen molar-refractivity contribution in [3.63, 3.8) is 0 Å². The number of benzene rings is 2. The Labute approximate surface area is 144 Å². The number of anilines is 2. The molecule has 0 radical (unpaired) electrons. The Kier molecular flexibility index (Phi) is 5.93. The molecule has 0 heterocycles. The van der Waals surface area contributed by atoms with E-state index in [4.69, 9.17) is 0 Å². The fraction of sp³-hybridized carbons (Fsp3) is 0.222. The Balaban J connectivity index is 2.16. The van der Waals surface area contributed by atoms with Crippen molar-refractivity contribution >= 4 is 39.1 Å². The number of hydrogen-bond donors (Lipinski definition) is 1. The summed E-state index contributed by atoms with van der Waals surface area (Å²) in [6.07, 6.45) is 0.799. The average molecular weight is 375 g/mol. The Morgan fingerprint density at radius 1 is 1.13 bits per heavy atom. The smallest absolute Gasteiger partial charge is 0.244 e. The fourth-order valence-electron chi connectivity index (χ4n) is 2.35. The number of para-hydroxylation sites is 1. The zero-order chi connectivity index (χ0) is 16.8. The van der Waals surface area contributed by atoms with E-state index in [0.717, 1.165) is 22.1 Å². The van der Waals surface area contributed by atoms with Gasteiger partial charge in [0.25, 0.3) is 0 Å². The minimum absolute atomic E-state index is 0.0150. The van der Waals surface area contributed by atoms with E-state index in [2.05, 4.69) is 21.2 Å². The maximum atomic E-state index is 12.3. The predicted octanol–water partition coefficient (Wildman–Crippen LogP) is 4.00. The van der Waals surface area contributed by atoms with Gasteiger partial charge < -0.3 is 10.2 Å². The van der Waals surface area contributed by atoms with E-state index in [0.29, 0.717) is 5.69 Å². The van der Waals surface area contributed by atoms with Gasteiger partial charge in [0.1, 0.15) is 6.54 Å². The van der Waals surface area contributed by atoms with E-state index in [-0.39, 0.29) is 18.4 Å². The number of aryl methyl sites for hydroxylation is 1. The third-order valence-electron chi connectivity index (χ3n) is 3.45. The van der Waals surface area contributed by atoms with Crippen LogP contribution in [-0.4, -0.2) is 18.4 Å². The van der Waals surface area contributed by atoms with E-state index < -0.39 is 0 Å². The quantitative estimate of drug-likeness (QED) is 0.859. The van der Waals surface area contributed by atoms with E-state index in [1.54, 1.807) is 6.07 Å². The molecule has 2 amide bonds. The molecule has 0 spiro atoms. The van der Waals surface area contributed by atoms with Crippen molar-refractivity contribution in [1.82, 2.24) is 0 Å². The SMILES string of the molecule is CCc1ccccc1N(CC(=O)Nc1cccc(Br)c1)C(C)=O. The molecule has 4 nitrogen and oxygen atoms in total. The number of hydrogen-bond acceptors (Lipinski definition) is 2. The van der Waals surface area contributed by atoms with Gasteiger partial charge in [-0.3, -0.25) is 9.59 Å². The van der Waals surface area contributed by atoms with Gasteiger partial charge >= 0.3 is 0 Å². The Bertz CT molecular complexity index is 716. The number of carbonyl (C=O) groups is 2. The van der Waals surface area contributed by atoms with Gasteiger partial charge in [0, 0.05) is 22.8 Å². The van der Waals surface area contributed by atoms with E-state index in [1.807, 2.05) is 49.4 Å². The maximum Gasteiger partial charge on any atom is 0.244 e. The summed E-state index contributed by atoms with van der Waals surface area (Å²) in [5.41, 5.74) is 2.52. The summed E-state index contributed by atoms with van der Waals surface area (Å²) in [6, 6.07) is 15.0. The molecule has 2 aromatic rings. The lowest BCUT2D eigenvalue weighted by Crippen LogP contribution is -2.37. The van der Waals surface area contributed by atoms with Crippen LogP contribution in [0.25, 0.3) is 0 Å². The van der Waals surface area contributed by atoms with Gasteiger partial charge in [0.2, 0.25) is 11.8 Å². The van der Waals surface area contributed by atoms with E-state index in [1.165, 1.54) is 11.8 Å². The first-order valence-electron chi connectivity index (χ1n) is 7.42. The summed E-state index contributed by atoms with van der Waals surface area (Å²) < 4.78 is 0.884. The Morgan fingerprint density at radius 3 is 2.52 bits per heavy atom. The molecule has 120 valence electrons. The maximum absolute atomic E-state index is 12.3. The second-order valence-corrected chi connectivity index (χ2v) is 6.06. The second kappa shape index (κ2) is 7.92. The number of nitrogens with zero attached hydrogens (tertiary/aromatic N) is 1. The molecule has 5 heteroatoms. The minimum Gasteiger partial charge on any atom is -0.324 e. The highest BCUT2D eigenvalue weighted by molar-refractivity contribution is 9.10. The number of nitrogens with one attached hydrogen (secondary N) is 1. The molecule has 0 bridgehead atoms. The molecule has 23 heavy (non-hydrogen) atoms. The molecular weight excluding hydrogens is 356 g/mol. The van der Waals surface area contributed by atoms with Crippen molar-refractivity contribution in [3.05, 3.63) is 58.6 Å². The van der Waals surface area contributed by atoms with Crippen LogP contribution < -0.4 is 10.2 Å². The molecule has 2 aromatic carbocycles. The summed E-state index contributed by atoms with van der Waals surface area (Å²) in [5, 5.41) is 2.81. The average Bonchev–Trinajstić information content (AvgIpc) is 2.52. The van der Waals surface area contributed by atoms with Crippen LogP contribution in [0.1, 0.15) is 19.4 Å². The van der Waals surface area contributed by atoms with Gasteiger partial charge in [-0.1, -0.05) is 47.1 Å². The van der Waals surface area contributed by atoms with Crippen molar-refractivity contribution in [1.29, 1.82) is 0 Å². The number of halogens is 1. The molecule has 0 unspecified atom stereocenters. The van der Waals surface area contributed by atoms with Crippen molar-refractivity contribution < 1.29 is 9.59 Å². The summed E-state index contributed by atoms with van der Waals surface area (Å²) >= 11 is 3.37. The summed E-state index contributed by atoms with van der Waals surface area (Å²) in [4.78, 5) is 25.8. The molecular formula is C18H19BrN2O2. The second-order valence-electron chi connectivity index (χ2n) is 5.15. The van der Waals surface area contributed by atoms with Crippen molar-refractivity contribution in [2.75, 3.05) is 16.8 Å². The van der Waals surface area contributed by atoms with Crippen molar-refractivity contribution in [2.24, 2.45) is 0 Å². The molecule has 1 N–H and O–H groups in total. The lowest BCUT2D eigenvalue weighted by Gasteiger charge is -2.23. The van der Waals surface area contributed by atoms with Crippen LogP contribution >= 0.6 is 15.9 Å². The molecule has 2 rings (SSSR count). The lowest BCUT2D eigenvalue weighted by atomic mass is 10.1. The van der Waals surface area contributed by atoms with Crippen molar-refractivity contribution in [2.45, 2.75) is 20.3 Å². The molecule has 0 aliphatic carbocycles. The van der Waals surface area contributed by atoms with Gasteiger partial charge in [-0.15, -0.1) is 0 Å². The fourth-order valence-corrected chi connectivity index (χ4v) is 2.75. The van der Waals surface area contributed by atoms with E-state index in [9.17, 15) is 9.59 Å². The van der Waals surface area contributed by atoms with Crippen LogP contribution in [0.5, 0.6) is 0 Å². The first-order chi connectivity index (χ1) is 11.0. The summed E-state index contributed by atoms with van der Waals surface area (Å²) in [6.45, 7) is 3.48. The van der Waals surface area contributed by atoms with Gasteiger partial charge in [-0.05, 0) is 36.2 Å². The standard InChI is InChI=1S/C18H19BrN2O2/c1-3-14-7-4-5-10-17(14)21(13(2)22)12-18(23)20-16-9-6-8-15(19)11-16/h4-11H,3,12H2,1-2H3,(H,20,23). The molecule has 0 aliphatic heterocycles. The van der Waals surface area contributed by atoms with Gasteiger partial charge in [0.15, 0.2) is 0 Å². The first kappa shape index (κ1) is 17.2. The number of carbonyl (C=O) groups excluding carboxylic acids is 2. The minimum atomic E-state index is -0.232. The Morgan fingerprint density at radius 2 is 1.87 bits per heavy atom. The summed E-state index contributed by atoms with van der Waals surface area (Å²) in [7, 11) is 0. The van der Waals surface area contributed by atoms with Crippen LogP contribution in [0.15, 0.2) is 53.0 Å². The predicted molar refractivity (Wildman–Crippen MR) is 96.6 cm³/mol. The zero-order valence-corrected chi connectivity index (χ0v) is 14.8. The van der Waals surface area contributed by atoms with Gasteiger partial charge in [0.05, 0.1) is 0 Å².